The van der Waals surface area contributed by atoms with E-state index < -0.39 is 0 Å². The lowest BCUT2D eigenvalue weighted by Crippen LogP contribution is -2.20. The van der Waals surface area contributed by atoms with E-state index in [-0.39, 0.29) is 11.5 Å². The minimum atomic E-state index is 0.169. The van der Waals surface area contributed by atoms with Gasteiger partial charge >= 0.3 is 0 Å². The summed E-state index contributed by atoms with van der Waals surface area (Å²) in [4.78, 5) is 0. The minimum absolute atomic E-state index is 0.169. The molecule has 1 aromatic carbocycles. The molecule has 0 spiro atoms. The van der Waals surface area contributed by atoms with Crippen LogP contribution in [-0.2, 0) is 11.8 Å². The van der Waals surface area contributed by atoms with Crippen LogP contribution in [-0.4, -0.2) is 12.6 Å². The monoisotopic (exact) mass is 291 g/mol. The van der Waals surface area contributed by atoms with Crippen LogP contribution in [0.3, 0.4) is 0 Å². The van der Waals surface area contributed by atoms with E-state index in [0.717, 1.165) is 31.6 Å². The highest BCUT2D eigenvalue weighted by atomic mass is 16.5. The first-order chi connectivity index (χ1) is 9.74. The van der Waals surface area contributed by atoms with Crippen molar-refractivity contribution in [1.82, 2.24) is 0 Å². The van der Waals surface area contributed by atoms with Crippen LogP contribution in [0.1, 0.15) is 65.5 Å². The molecule has 120 valence electrons. The first-order valence-electron chi connectivity index (χ1n) is 8.25. The van der Waals surface area contributed by atoms with Crippen molar-refractivity contribution in [3.63, 3.8) is 0 Å². The minimum Gasteiger partial charge on any atom is -0.493 e. The van der Waals surface area contributed by atoms with Crippen LogP contribution < -0.4 is 10.5 Å². The molecule has 0 saturated carbocycles. The molecule has 0 aliphatic rings. The van der Waals surface area contributed by atoms with Gasteiger partial charge in [0.25, 0.3) is 0 Å². The Morgan fingerprint density at radius 2 is 1.86 bits per heavy atom. The average Bonchev–Trinajstić information content (AvgIpc) is 2.35. The molecule has 2 heteroatoms. The fraction of sp³-hybridized carbons (Fsp3) is 0.684. The molecule has 1 aromatic rings. The van der Waals surface area contributed by atoms with Gasteiger partial charge in [-0.1, -0.05) is 46.8 Å². The third kappa shape index (κ3) is 6.09. The van der Waals surface area contributed by atoms with Crippen molar-refractivity contribution in [3.8, 4) is 5.75 Å². The summed E-state index contributed by atoms with van der Waals surface area (Å²) >= 11 is 0. The maximum Gasteiger partial charge on any atom is 0.122 e. The van der Waals surface area contributed by atoms with E-state index in [9.17, 15) is 0 Å². The molecule has 0 heterocycles. The van der Waals surface area contributed by atoms with Crippen molar-refractivity contribution in [2.24, 2.45) is 11.7 Å². The predicted octanol–water partition coefficient (Wildman–Crippen LogP) is 4.69. The van der Waals surface area contributed by atoms with E-state index in [4.69, 9.17) is 10.5 Å². The van der Waals surface area contributed by atoms with Gasteiger partial charge in [0.15, 0.2) is 0 Å². The molecule has 21 heavy (non-hydrogen) atoms. The third-order valence-corrected chi connectivity index (χ3v) is 3.73. The maximum absolute atomic E-state index is 5.93. The van der Waals surface area contributed by atoms with Crippen LogP contribution in [0.4, 0.5) is 0 Å². The summed E-state index contributed by atoms with van der Waals surface area (Å²) < 4.78 is 5.93. The van der Waals surface area contributed by atoms with Gasteiger partial charge in [0.05, 0.1) is 6.61 Å². The highest BCUT2D eigenvalue weighted by Gasteiger charge is 2.17. The molecule has 0 saturated heterocycles. The lowest BCUT2D eigenvalue weighted by Gasteiger charge is -2.23. The van der Waals surface area contributed by atoms with Gasteiger partial charge in [0.2, 0.25) is 0 Å². The quantitative estimate of drug-likeness (QED) is 0.791. The molecular formula is C19H33NO. The van der Waals surface area contributed by atoms with E-state index >= 15 is 0 Å². The number of hydrogen-bond acceptors (Lipinski definition) is 2. The van der Waals surface area contributed by atoms with Crippen molar-refractivity contribution in [3.05, 3.63) is 29.3 Å². The standard InChI is InChI=1S/C19H33NO/c1-7-10-21-18-9-8-17(19(4,5)6)13-16(18)12-14(2)11-15(3)20/h8-9,13-15H,7,10-12,20H2,1-6H3. The Labute approximate surface area is 131 Å². The van der Waals surface area contributed by atoms with Crippen LogP contribution in [0.15, 0.2) is 18.2 Å². The zero-order valence-corrected chi connectivity index (χ0v) is 14.7. The van der Waals surface area contributed by atoms with Crippen molar-refractivity contribution in [1.29, 1.82) is 0 Å². The molecule has 0 aromatic heterocycles. The van der Waals surface area contributed by atoms with Crippen molar-refractivity contribution >= 4 is 0 Å². The van der Waals surface area contributed by atoms with Crippen molar-refractivity contribution in [2.45, 2.75) is 72.3 Å². The van der Waals surface area contributed by atoms with Crippen LogP contribution in [0, 0.1) is 5.92 Å². The Kier molecular flexibility index (Phi) is 6.73. The number of benzene rings is 1. The normalized spacial score (nSPS) is 14.8. The summed E-state index contributed by atoms with van der Waals surface area (Å²) in [7, 11) is 0. The molecule has 1 rings (SSSR count). The second-order valence-corrected chi connectivity index (χ2v) is 7.44. The summed E-state index contributed by atoms with van der Waals surface area (Å²) in [5.74, 6) is 1.62. The van der Waals surface area contributed by atoms with E-state index in [1.165, 1.54) is 11.1 Å². The molecule has 0 bridgehead atoms. The number of hydrogen-bond donors (Lipinski definition) is 1. The first kappa shape index (κ1) is 18.0. The van der Waals surface area contributed by atoms with E-state index in [1.807, 2.05) is 0 Å². The van der Waals surface area contributed by atoms with Gasteiger partial charge in [0.1, 0.15) is 5.75 Å². The van der Waals surface area contributed by atoms with Gasteiger partial charge in [-0.3, -0.25) is 0 Å². The van der Waals surface area contributed by atoms with Gasteiger partial charge in [0, 0.05) is 6.04 Å². The van der Waals surface area contributed by atoms with Gasteiger partial charge in [-0.25, -0.2) is 0 Å². The van der Waals surface area contributed by atoms with Crippen LogP contribution in [0.5, 0.6) is 5.75 Å². The van der Waals surface area contributed by atoms with Crippen molar-refractivity contribution < 1.29 is 4.74 Å². The molecule has 0 aliphatic heterocycles. The predicted molar refractivity (Wildman–Crippen MR) is 92.1 cm³/mol. The lowest BCUT2D eigenvalue weighted by molar-refractivity contribution is 0.311. The summed E-state index contributed by atoms with van der Waals surface area (Å²) in [6.45, 7) is 14.0. The maximum atomic E-state index is 5.93. The van der Waals surface area contributed by atoms with E-state index in [1.54, 1.807) is 0 Å². The molecule has 2 nitrogen and oxygen atoms in total. The highest BCUT2D eigenvalue weighted by molar-refractivity contribution is 5.40. The molecule has 2 atom stereocenters. The summed E-state index contributed by atoms with van der Waals surface area (Å²) in [5, 5.41) is 0. The Balaban J connectivity index is 2.98. The van der Waals surface area contributed by atoms with E-state index in [2.05, 4.69) is 59.7 Å². The fourth-order valence-electron chi connectivity index (χ4n) is 2.65. The Morgan fingerprint density at radius 1 is 1.19 bits per heavy atom. The Bertz CT molecular complexity index is 432. The fourth-order valence-corrected chi connectivity index (χ4v) is 2.65. The third-order valence-electron chi connectivity index (χ3n) is 3.73. The highest BCUT2D eigenvalue weighted by Crippen LogP contribution is 2.30. The van der Waals surface area contributed by atoms with Crippen LogP contribution in [0.25, 0.3) is 0 Å². The number of rotatable bonds is 7. The number of nitrogens with two attached hydrogens (primary N) is 1. The molecule has 2 unspecified atom stereocenters. The second-order valence-electron chi connectivity index (χ2n) is 7.44. The van der Waals surface area contributed by atoms with Gasteiger partial charge < -0.3 is 10.5 Å². The van der Waals surface area contributed by atoms with Crippen LogP contribution >= 0.6 is 0 Å². The first-order valence-corrected chi connectivity index (χ1v) is 8.25. The molecule has 2 N–H and O–H groups in total. The SMILES string of the molecule is CCCOc1ccc(C(C)(C)C)cc1CC(C)CC(C)N. The van der Waals surface area contributed by atoms with Crippen LogP contribution in [0.2, 0.25) is 0 Å². The second kappa shape index (κ2) is 7.84. The Hall–Kier alpha value is -1.02. The number of ether oxygens (including phenoxy) is 1. The van der Waals surface area contributed by atoms with Gasteiger partial charge in [-0.15, -0.1) is 0 Å². The summed E-state index contributed by atoms with van der Waals surface area (Å²) in [6.07, 6.45) is 3.12. The molecule has 0 radical (unpaired) electrons. The van der Waals surface area contributed by atoms with Gasteiger partial charge in [-0.2, -0.15) is 0 Å². The zero-order valence-electron chi connectivity index (χ0n) is 14.7. The molecule has 0 fully saturated rings. The Morgan fingerprint density at radius 3 is 2.38 bits per heavy atom. The van der Waals surface area contributed by atoms with E-state index in [0.29, 0.717) is 5.92 Å². The lowest BCUT2D eigenvalue weighted by atomic mass is 9.84. The molecule has 0 aliphatic carbocycles. The van der Waals surface area contributed by atoms with Gasteiger partial charge in [-0.05, 0) is 54.7 Å². The largest absolute Gasteiger partial charge is 0.493 e. The molecular weight excluding hydrogens is 258 g/mol. The topological polar surface area (TPSA) is 35.2 Å². The van der Waals surface area contributed by atoms with Crippen molar-refractivity contribution in [2.75, 3.05) is 6.61 Å². The summed E-state index contributed by atoms with van der Waals surface area (Å²) in [5.41, 5.74) is 8.80. The summed E-state index contributed by atoms with van der Waals surface area (Å²) in [6, 6.07) is 6.92. The molecule has 0 amide bonds. The zero-order chi connectivity index (χ0) is 16.0. The smallest absolute Gasteiger partial charge is 0.122 e. The average molecular weight is 291 g/mol.